The van der Waals surface area contributed by atoms with E-state index in [0.29, 0.717) is 0 Å². The van der Waals surface area contributed by atoms with Gasteiger partial charge >= 0.3 is 0 Å². The quantitative estimate of drug-likeness (QED) is 0.564. The topological polar surface area (TPSA) is 0 Å². The fourth-order valence-electron chi connectivity index (χ4n) is 1.81. The van der Waals surface area contributed by atoms with Crippen LogP contribution >= 0.6 is 0 Å². The molecule has 62 valence electrons. The van der Waals surface area contributed by atoms with Gasteiger partial charge in [0.05, 0.1) is 0 Å². The standard InChI is InChI=1S/C13H10/c1-2-4-6-12-10(5-3-1)7-8-11-9-13(11)12/h1-8H,9H2. The molecule has 1 aromatic carbocycles. The van der Waals surface area contributed by atoms with Gasteiger partial charge in [-0.1, -0.05) is 48.6 Å². The van der Waals surface area contributed by atoms with Gasteiger partial charge in [0.1, 0.15) is 0 Å². The maximum atomic E-state index is 2.23. The molecule has 0 bridgehead atoms. The Balaban J connectivity index is 2.25. The van der Waals surface area contributed by atoms with Crippen LogP contribution in [0.5, 0.6) is 0 Å². The van der Waals surface area contributed by atoms with Gasteiger partial charge in [0.2, 0.25) is 0 Å². The van der Waals surface area contributed by atoms with Crippen LogP contribution in [0.15, 0.2) is 36.4 Å². The van der Waals surface area contributed by atoms with Crippen molar-refractivity contribution >= 4 is 12.2 Å². The molecule has 0 unspecified atom stereocenters. The summed E-state index contributed by atoms with van der Waals surface area (Å²) in [5.74, 6) is 0. The van der Waals surface area contributed by atoms with E-state index in [1.165, 1.54) is 28.7 Å². The van der Waals surface area contributed by atoms with E-state index in [2.05, 4.69) is 48.6 Å². The minimum Gasteiger partial charge on any atom is -0.0622 e. The molecule has 13 heavy (non-hydrogen) atoms. The fourth-order valence-corrected chi connectivity index (χ4v) is 1.81. The molecule has 0 spiro atoms. The first-order chi connectivity index (χ1) is 6.45. The van der Waals surface area contributed by atoms with Crippen molar-refractivity contribution in [2.24, 2.45) is 0 Å². The van der Waals surface area contributed by atoms with Gasteiger partial charge in [-0.2, -0.15) is 0 Å². The molecule has 0 atom stereocenters. The summed E-state index contributed by atoms with van der Waals surface area (Å²) in [6, 6.07) is 4.44. The van der Waals surface area contributed by atoms with E-state index >= 15 is 0 Å². The Kier molecular flexibility index (Phi) is 1.31. The molecule has 0 aliphatic heterocycles. The Morgan fingerprint density at radius 3 is 2.62 bits per heavy atom. The highest BCUT2D eigenvalue weighted by Crippen LogP contribution is 2.35. The zero-order valence-electron chi connectivity index (χ0n) is 7.33. The molecule has 0 nitrogen and oxygen atoms in total. The monoisotopic (exact) mass is 166 g/mol. The molecule has 0 N–H and O–H groups in total. The van der Waals surface area contributed by atoms with Gasteiger partial charge in [0.25, 0.3) is 0 Å². The summed E-state index contributed by atoms with van der Waals surface area (Å²) in [6.07, 6.45) is 13.9. The van der Waals surface area contributed by atoms with Crippen LogP contribution in [0.3, 0.4) is 0 Å². The highest BCUT2D eigenvalue weighted by Gasteiger charge is 2.20. The lowest BCUT2D eigenvalue weighted by atomic mass is 10.0. The summed E-state index contributed by atoms with van der Waals surface area (Å²) in [7, 11) is 0. The number of hydrogen-bond acceptors (Lipinski definition) is 0. The largest absolute Gasteiger partial charge is 0.0622 e. The van der Waals surface area contributed by atoms with Gasteiger partial charge in [-0.15, -0.1) is 0 Å². The summed E-state index contributed by atoms with van der Waals surface area (Å²) in [5, 5.41) is 0. The van der Waals surface area contributed by atoms with Crippen molar-refractivity contribution in [1.82, 2.24) is 0 Å². The smallest absolute Gasteiger partial charge is 0.00137 e. The lowest BCUT2D eigenvalue weighted by Crippen LogP contribution is -1.80. The molecule has 2 aliphatic carbocycles. The zero-order chi connectivity index (χ0) is 8.67. The van der Waals surface area contributed by atoms with E-state index < -0.39 is 0 Å². The van der Waals surface area contributed by atoms with Gasteiger partial charge < -0.3 is 0 Å². The van der Waals surface area contributed by atoms with Crippen molar-refractivity contribution in [1.29, 1.82) is 0 Å². The molecular formula is C13H10. The molecule has 0 heteroatoms. The van der Waals surface area contributed by atoms with Gasteiger partial charge in [-0.3, -0.25) is 0 Å². The third-order valence-electron chi connectivity index (χ3n) is 2.60. The minimum absolute atomic E-state index is 1.19. The minimum atomic E-state index is 1.19. The predicted molar refractivity (Wildman–Crippen MR) is 56.5 cm³/mol. The van der Waals surface area contributed by atoms with Crippen LogP contribution in [0, 0.1) is 0 Å². The Bertz CT molecular complexity index is 445. The van der Waals surface area contributed by atoms with Crippen LogP contribution in [0.2, 0.25) is 0 Å². The molecule has 0 heterocycles. The van der Waals surface area contributed by atoms with Crippen molar-refractivity contribution < 1.29 is 0 Å². The molecule has 0 fully saturated rings. The summed E-state index contributed by atoms with van der Waals surface area (Å²) in [5.41, 5.74) is 5.81. The molecule has 2 aliphatic rings. The van der Waals surface area contributed by atoms with E-state index in [1.807, 2.05) is 0 Å². The lowest BCUT2D eigenvalue weighted by Gasteiger charge is -2.00. The number of fused-ring (bicyclic) bond motifs is 3. The number of hydrogen-bond donors (Lipinski definition) is 0. The maximum absolute atomic E-state index is 2.23. The molecule has 3 rings (SSSR count). The summed E-state index contributed by atoms with van der Waals surface area (Å²) in [6.45, 7) is 0. The van der Waals surface area contributed by atoms with Crippen molar-refractivity contribution in [3.63, 3.8) is 0 Å². The van der Waals surface area contributed by atoms with E-state index in [-0.39, 0.29) is 0 Å². The molecule has 1 aromatic rings. The first-order valence-corrected chi connectivity index (χ1v) is 4.61. The first kappa shape index (κ1) is 6.90. The van der Waals surface area contributed by atoms with E-state index in [4.69, 9.17) is 0 Å². The molecule has 0 saturated heterocycles. The van der Waals surface area contributed by atoms with Crippen LogP contribution < -0.4 is 0 Å². The second kappa shape index (κ2) is 2.46. The van der Waals surface area contributed by atoms with E-state index in [9.17, 15) is 0 Å². The van der Waals surface area contributed by atoms with Gasteiger partial charge in [0.15, 0.2) is 0 Å². The second-order valence-electron chi connectivity index (χ2n) is 3.49. The first-order valence-electron chi connectivity index (χ1n) is 4.61. The molecule has 0 radical (unpaired) electrons. The van der Waals surface area contributed by atoms with E-state index in [1.54, 1.807) is 0 Å². The normalized spacial score (nSPS) is 16.0. The van der Waals surface area contributed by atoms with Crippen LogP contribution in [-0.4, -0.2) is 0 Å². The highest BCUT2D eigenvalue weighted by atomic mass is 14.2. The number of rotatable bonds is 0. The molecule has 0 aromatic heterocycles. The molecule has 0 saturated carbocycles. The van der Waals surface area contributed by atoms with Crippen LogP contribution in [0.25, 0.3) is 12.2 Å². The van der Waals surface area contributed by atoms with Gasteiger partial charge in [-0.05, 0) is 28.7 Å². The summed E-state index contributed by atoms with van der Waals surface area (Å²) >= 11 is 0. The molecule has 0 amide bonds. The average molecular weight is 166 g/mol. The van der Waals surface area contributed by atoms with Crippen molar-refractivity contribution in [3.05, 3.63) is 58.7 Å². The Morgan fingerprint density at radius 1 is 0.846 bits per heavy atom. The van der Waals surface area contributed by atoms with Crippen molar-refractivity contribution in [2.45, 2.75) is 6.42 Å². The summed E-state index contributed by atoms with van der Waals surface area (Å²) < 4.78 is 0. The predicted octanol–water partition coefficient (Wildman–Crippen LogP) is 3.19. The highest BCUT2D eigenvalue weighted by molar-refractivity contribution is 5.75. The Labute approximate surface area is 77.9 Å². The third-order valence-corrected chi connectivity index (χ3v) is 2.60. The fraction of sp³-hybridized carbons (Fsp3) is 0.0769. The number of benzene rings is 1. The third kappa shape index (κ3) is 1.06. The number of allylic oxidation sites excluding steroid dienone is 4. The lowest BCUT2D eigenvalue weighted by molar-refractivity contribution is 1.58. The van der Waals surface area contributed by atoms with E-state index in [0.717, 1.165) is 0 Å². The van der Waals surface area contributed by atoms with Crippen molar-refractivity contribution in [3.8, 4) is 0 Å². The maximum Gasteiger partial charge on any atom is -0.00137 e. The van der Waals surface area contributed by atoms with Gasteiger partial charge in [0, 0.05) is 0 Å². The van der Waals surface area contributed by atoms with Gasteiger partial charge in [-0.25, -0.2) is 0 Å². The second-order valence-corrected chi connectivity index (χ2v) is 3.49. The van der Waals surface area contributed by atoms with Crippen LogP contribution in [0.4, 0.5) is 0 Å². The Morgan fingerprint density at radius 2 is 1.69 bits per heavy atom. The van der Waals surface area contributed by atoms with Crippen LogP contribution in [-0.2, 0) is 6.42 Å². The average Bonchev–Trinajstić information content (AvgIpc) is 2.83. The summed E-state index contributed by atoms with van der Waals surface area (Å²) in [4.78, 5) is 0. The van der Waals surface area contributed by atoms with Crippen LogP contribution in [0.1, 0.15) is 22.3 Å². The molecular weight excluding hydrogens is 156 g/mol. The van der Waals surface area contributed by atoms with Crippen molar-refractivity contribution in [2.75, 3.05) is 0 Å². The SMILES string of the molecule is C1=CC=Cc2c(ccc3c2C3)C=C1. The Hall–Kier alpha value is -1.56. The zero-order valence-corrected chi connectivity index (χ0v) is 7.33.